The molecule has 3 rings (SSSR count). The van der Waals surface area contributed by atoms with Crippen LogP contribution in [0.2, 0.25) is 0 Å². The quantitative estimate of drug-likeness (QED) is 0.613. The van der Waals surface area contributed by atoms with Crippen LogP contribution in [0.25, 0.3) is 5.69 Å². The van der Waals surface area contributed by atoms with Crippen molar-refractivity contribution < 1.29 is 9.53 Å². The van der Waals surface area contributed by atoms with Crippen molar-refractivity contribution in [2.24, 2.45) is 0 Å². The van der Waals surface area contributed by atoms with Gasteiger partial charge in [-0.15, -0.1) is 0 Å². The van der Waals surface area contributed by atoms with Crippen LogP contribution < -0.4 is 4.74 Å². The van der Waals surface area contributed by atoms with Gasteiger partial charge >= 0.3 is 5.97 Å². The average Bonchev–Trinajstić information content (AvgIpc) is 3.02. The van der Waals surface area contributed by atoms with Crippen molar-refractivity contribution >= 4 is 5.97 Å². The first-order valence-corrected chi connectivity index (χ1v) is 8.82. The minimum absolute atomic E-state index is 0.234. The number of hydrogen-bond donors (Lipinski definition) is 0. The van der Waals surface area contributed by atoms with E-state index in [9.17, 15) is 4.79 Å². The van der Waals surface area contributed by atoms with Gasteiger partial charge in [-0.2, -0.15) is 5.10 Å². The van der Waals surface area contributed by atoms with Crippen LogP contribution in [0.15, 0.2) is 48.5 Å². The third-order valence-corrected chi connectivity index (χ3v) is 4.58. The van der Waals surface area contributed by atoms with Gasteiger partial charge in [0.2, 0.25) is 5.88 Å². The SMILES string of the molecule is Cc1ccc(C(=O)Oc2cc(C(C)C)nn2-c2cccc(C)c2C)cc1. The summed E-state index contributed by atoms with van der Waals surface area (Å²) in [4.78, 5) is 12.6. The van der Waals surface area contributed by atoms with Gasteiger partial charge in [0.05, 0.1) is 16.9 Å². The molecular formula is C22H24N2O2. The molecule has 0 atom stereocenters. The van der Waals surface area contributed by atoms with Gasteiger partial charge in [-0.05, 0) is 56.0 Å². The molecule has 0 spiro atoms. The number of rotatable bonds is 4. The van der Waals surface area contributed by atoms with Crippen molar-refractivity contribution in [3.05, 3.63) is 76.5 Å². The Bertz CT molecular complexity index is 937. The van der Waals surface area contributed by atoms with Gasteiger partial charge in [0, 0.05) is 6.07 Å². The Labute approximate surface area is 154 Å². The van der Waals surface area contributed by atoms with Crippen molar-refractivity contribution in [3.63, 3.8) is 0 Å². The van der Waals surface area contributed by atoms with Gasteiger partial charge in [-0.3, -0.25) is 0 Å². The zero-order chi connectivity index (χ0) is 18.8. The Kier molecular flexibility index (Phi) is 4.94. The lowest BCUT2D eigenvalue weighted by atomic mass is 10.1. The maximum absolute atomic E-state index is 12.6. The second-order valence-corrected chi connectivity index (χ2v) is 6.95. The van der Waals surface area contributed by atoms with E-state index in [2.05, 4.69) is 31.9 Å². The first-order valence-electron chi connectivity index (χ1n) is 8.82. The van der Waals surface area contributed by atoms with Gasteiger partial charge in [0.15, 0.2) is 0 Å². The monoisotopic (exact) mass is 348 g/mol. The molecule has 0 bridgehead atoms. The Morgan fingerprint density at radius 1 is 1.04 bits per heavy atom. The fourth-order valence-corrected chi connectivity index (χ4v) is 2.72. The molecule has 0 aliphatic heterocycles. The highest BCUT2D eigenvalue weighted by atomic mass is 16.5. The molecule has 0 saturated heterocycles. The lowest BCUT2D eigenvalue weighted by molar-refractivity contribution is 0.0723. The normalized spacial score (nSPS) is 11.0. The molecule has 0 radical (unpaired) electrons. The Balaban J connectivity index is 2.02. The first kappa shape index (κ1) is 17.9. The second-order valence-electron chi connectivity index (χ2n) is 6.95. The summed E-state index contributed by atoms with van der Waals surface area (Å²) >= 11 is 0. The molecule has 0 aliphatic rings. The molecule has 4 nitrogen and oxygen atoms in total. The predicted octanol–water partition coefficient (Wildman–Crippen LogP) is 5.14. The van der Waals surface area contributed by atoms with Crippen molar-refractivity contribution in [2.45, 2.75) is 40.5 Å². The largest absolute Gasteiger partial charge is 0.404 e. The average molecular weight is 348 g/mol. The van der Waals surface area contributed by atoms with E-state index in [1.807, 2.05) is 44.2 Å². The van der Waals surface area contributed by atoms with Gasteiger partial charge in [0.1, 0.15) is 0 Å². The summed E-state index contributed by atoms with van der Waals surface area (Å²) in [7, 11) is 0. The smallest absolute Gasteiger partial charge is 0.344 e. The molecule has 0 aliphatic carbocycles. The Hall–Kier alpha value is -2.88. The van der Waals surface area contributed by atoms with Gasteiger partial charge in [0.25, 0.3) is 0 Å². The van der Waals surface area contributed by atoms with Crippen molar-refractivity contribution in [2.75, 3.05) is 0 Å². The summed E-state index contributed by atoms with van der Waals surface area (Å²) < 4.78 is 7.44. The van der Waals surface area contributed by atoms with E-state index in [4.69, 9.17) is 4.74 Å². The highest BCUT2D eigenvalue weighted by Crippen LogP contribution is 2.27. The van der Waals surface area contributed by atoms with Crippen molar-refractivity contribution in [3.8, 4) is 11.6 Å². The minimum atomic E-state index is -0.383. The molecule has 0 unspecified atom stereocenters. The lowest BCUT2D eigenvalue weighted by Crippen LogP contribution is -2.12. The third-order valence-electron chi connectivity index (χ3n) is 4.58. The van der Waals surface area contributed by atoms with E-state index in [0.29, 0.717) is 11.4 Å². The zero-order valence-electron chi connectivity index (χ0n) is 15.9. The number of hydrogen-bond acceptors (Lipinski definition) is 3. The molecule has 134 valence electrons. The standard InChI is InChI=1S/C22H24N2O2/c1-14(2)19-13-21(26-22(25)18-11-9-15(3)10-12-18)24(23-19)20-8-6-7-16(4)17(20)5/h6-14H,1-5H3. The van der Waals surface area contributed by atoms with E-state index in [-0.39, 0.29) is 11.9 Å². The van der Waals surface area contributed by atoms with Crippen LogP contribution >= 0.6 is 0 Å². The van der Waals surface area contributed by atoms with E-state index in [1.165, 1.54) is 5.56 Å². The summed E-state index contributed by atoms with van der Waals surface area (Å²) in [5.41, 5.74) is 5.71. The molecule has 0 N–H and O–H groups in total. The molecule has 0 amide bonds. The summed E-state index contributed by atoms with van der Waals surface area (Å²) in [5, 5.41) is 4.68. The Morgan fingerprint density at radius 2 is 1.73 bits per heavy atom. The van der Waals surface area contributed by atoms with Gasteiger partial charge in [-0.1, -0.05) is 43.7 Å². The summed E-state index contributed by atoms with van der Waals surface area (Å²) in [6.45, 7) is 10.2. The second kappa shape index (κ2) is 7.16. The molecule has 26 heavy (non-hydrogen) atoms. The van der Waals surface area contributed by atoms with Crippen molar-refractivity contribution in [1.29, 1.82) is 0 Å². The Morgan fingerprint density at radius 3 is 2.38 bits per heavy atom. The topological polar surface area (TPSA) is 44.1 Å². The third kappa shape index (κ3) is 3.54. The fraction of sp³-hybridized carbons (Fsp3) is 0.273. The molecule has 2 aromatic carbocycles. The number of carbonyl (C=O) groups excluding carboxylic acids is 1. The van der Waals surface area contributed by atoms with Crippen LogP contribution in [0.1, 0.15) is 52.5 Å². The number of esters is 1. The van der Waals surface area contributed by atoms with Crippen LogP contribution in [0.4, 0.5) is 0 Å². The number of nitrogens with zero attached hydrogens (tertiary/aromatic N) is 2. The highest BCUT2D eigenvalue weighted by Gasteiger charge is 2.18. The molecule has 0 saturated carbocycles. The van der Waals surface area contributed by atoms with Crippen LogP contribution in [0, 0.1) is 20.8 Å². The van der Waals surface area contributed by atoms with E-state index in [1.54, 1.807) is 16.8 Å². The maximum Gasteiger partial charge on any atom is 0.344 e. The lowest BCUT2D eigenvalue weighted by Gasteiger charge is -2.12. The molecule has 1 aromatic heterocycles. The summed E-state index contributed by atoms with van der Waals surface area (Å²) in [6, 6.07) is 15.2. The van der Waals surface area contributed by atoms with Crippen LogP contribution in [0.5, 0.6) is 5.88 Å². The number of aryl methyl sites for hydroxylation is 2. The molecule has 4 heteroatoms. The summed E-state index contributed by atoms with van der Waals surface area (Å²) in [5.74, 6) is 0.290. The minimum Gasteiger partial charge on any atom is -0.404 e. The molecular weight excluding hydrogens is 324 g/mol. The molecule has 0 fully saturated rings. The predicted molar refractivity (Wildman–Crippen MR) is 103 cm³/mol. The zero-order valence-corrected chi connectivity index (χ0v) is 15.9. The van der Waals surface area contributed by atoms with E-state index in [0.717, 1.165) is 22.5 Å². The number of aromatic nitrogens is 2. The number of ether oxygens (including phenoxy) is 1. The van der Waals surface area contributed by atoms with E-state index >= 15 is 0 Å². The van der Waals surface area contributed by atoms with Crippen LogP contribution in [-0.2, 0) is 0 Å². The molecule has 3 aromatic rings. The number of carbonyl (C=O) groups is 1. The fourth-order valence-electron chi connectivity index (χ4n) is 2.72. The van der Waals surface area contributed by atoms with Crippen LogP contribution in [0.3, 0.4) is 0 Å². The van der Waals surface area contributed by atoms with Crippen molar-refractivity contribution in [1.82, 2.24) is 9.78 Å². The molecule has 1 heterocycles. The summed E-state index contributed by atoms with van der Waals surface area (Å²) in [6.07, 6.45) is 0. The maximum atomic E-state index is 12.6. The van der Waals surface area contributed by atoms with Gasteiger partial charge < -0.3 is 4.74 Å². The van der Waals surface area contributed by atoms with Gasteiger partial charge in [-0.25, -0.2) is 9.48 Å². The van der Waals surface area contributed by atoms with Crippen LogP contribution in [-0.4, -0.2) is 15.7 Å². The number of benzene rings is 2. The highest BCUT2D eigenvalue weighted by molar-refractivity contribution is 5.91. The van der Waals surface area contributed by atoms with E-state index < -0.39 is 0 Å². The first-order chi connectivity index (χ1) is 12.4.